The molecule has 0 radical (unpaired) electrons. The Hall–Kier alpha value is -1.78. The molecular formula is C41H78NO10P. The normalized spacial score (nSPS) is 13.9. The van der Waals surface area contributed by atoms with Gasteiger partial charge in [-0.3, -0.25) is 23.4 Å². The Morgan fingerprint density at radius 2 is 0.943 bits per heavy atom. The van der Waals surface area contributed by atoms with E-state index in [4.69, 9.17) is 24.8 Å². The molecule has 1 unspecified atom stereocenters. The minimum absolute atomic E-state index is 0.165. The number of hydrogen-bond acceptors (Lipinski definition) is 9. The summed E-state index contributed by atoms with van der Waals surface area (Å²) >= 11 is 0. The first-order chi connectivity index (χ1) is 25.6. The molecule has 3 atom stereocenters. The molecule has 0 amide bonds. The molecule has 0 saturated carbocycles. The lowest BCUT2D eigenvalue weighted by Crippen LogP contribution is -2.34. The van der Waals surface area contributed by atoms with Crippen LogP contribution in [0.1, 0.15) is 200 Å². The Balaban J connectivity index is 4.37. The summed E-state index contributed by atoms with van der Waals surface area (Å²) in [6.45, 7) is 2.80. The van der Waals surface area contributed by atoms with E-state index in [-0.39, 0.29) is 19.4 Å². The summed E-state index contributed by atoms with van der Waals surface area (Å²) in [5.41, 5.74) is 5.33. The minimum atomic E-state index is -4.71. The van der Waals surface area contributed by atoms with Crippen LogP contribution in [-0.2, 0) is 37.5 Å². The van der Waals surface area contributed by atoms with Gasteiger partial charge in [-0.2, -0.15) is 0 Å². The van der Waals surface area contributed by atoms with Crippen molar-refractivity contribution < 1.29 is 47.5 Å². The number of unbranched alkanes of at least 4 members (excludes halogenated alkanes) is 24. The van der Waals surface area contributed by atoms with Gasteiger partial charge in [-0.1, -0.05) is 161 Å². The molecule has 0 bridgehead atoms. The first kappa shape index (κ1) is 51.2. The van der Waals surface area contributed by atoms with Gasteiger partial charge in [-0.25, -0.2) is 4.57 Å². The number of hydrogen-bond donors (Lipinski definition) is 3. The van der Waals surface area contributed by atoms with E-state index in [2.05, 4.69) is 30.5 Å². The molecule has 0 aromatic carbocycles. The molecule has 0 spiro atoms. The van der Waals surface area contributed by atoms with Crippen LogP contribution in [-0.4, -0.2) is 59.9 Å². The highest BCUT2D eigenvalue weighted by atomic mass is 31.2. The number of rotatable bonds is 40. The zero-order chi connectivity index (χ0) is 39.3. The molecular weight excluding hydrogens is 697 g/mol. The van der Waals surface area contributed by atoms with E-state index in [1.807, 2.05) is 0 Å². The summed E-state index contributed by atoms with van der Waals surface area (Å²) < 4.78 is 32.6. The molecule has 12 heteroatoms. The van der Waals surface area contributed by atoms with Gasteiger partial charge in [0.1, 0.15) is 12.6 Å². The molecule has 0 aliphatic carbocycles. The maximum Gasteiger partial charge on any atom is 0.472 e. The van der Waals surface area contributed by atoms with Crippen LogP contribution >= 0.6 is 7.82 Å². The molecule has 53 heavy (non-hydrogen) atoms. The van der Waals surface area contributed by atoms with Gasteiger partial charge < -0.3 is 25.2 Å². The summed E-state index contributed by atoms with van der Waals surface area (Å²) in [6, 6.07) is -1.52. The molecule has 0 aromatic heterocycles. The Kier molecular flexibility index (Phi) is 35.9. The predicted molar refractivity (Wildman–Crippen MR) is 213 cm³/mol. The average Bonchev–Trinajstić information content (AvgIpc) is 3.13. The first-order valence-corrected chi connectivity index (χ1v) is 22.7. The lowest BCUT2D eigenvalue weighted by atomic mass is 10.0. The van der Waals surface area contributed by atoms with E-state index >= 15 is 0 Å². The van der Waals surface area contributed by atoms with Gasteiger partial charge in [0.2, 0.25) is 0 Å². The Morgan fingerprint density at radius 1 is 0.566 bits per heavy atom. The molecule has 312 valence electrons. The molecule has 0 saturated heterocycles. The Bertz CT molecular complexity index is 963. The number of ether oxygens (including phenoxy) is 2. The van der Waals surface area contributed by atoms with E-state index < -0.39 is 51.1 Å². The van der Waals surface area contributed by atoms with Gasteiger partial charge in [0.05, 0.1) is 13.2 Å². The van der Waals surface area contributed by atoms with Crippen LogP contribution in [0.2, 0.25) is 0 Å². The van der Waals surface area contributed by atoms with Crippen LogP contribution < -0.4 is 5.73 Å². The summed E-state index contributed by atoms with van der Waals surface area (Å²) in [4.78, 5) is 45.9. The fourth-order valence-electron chi connectivity index (χ4n) is 5.88. The van der Waals surface area contributed by atoms with Gasteiger partial charge in [0.25, 0.3) is 0 Å². The highest BCUT2D eigenvalue weighted by Crippen LogP contribution is 2.43. The van der Waals surface area contributed by atoms with E-state index in [1.165, 1.54) is 103 Å². The Labute approximate surface area is 322 Å². The van der Waals surface area contributed by atoms with E-state index in [1.54, 1.807) is 0 Å². The topological polar surface area (TPSA) is 172 Å². The number of esters is 2. The number of nitrogens with two attached hydrogens (primary N) is 1. The monoisotopic (exact) mass is 776 g/mol. The highest BCUT2D eigenvalue weighted by Gasteiger charge is 2.28. The van der Waals surface area contributed by atoms with Crippen LogP contribution in [0.25, 0.3) is 0 Å². The van der Waals surface area contributed by atoms with Gasteiger partial charge in [0.15, 0.2) is 6.10 Å². The maximum absolute atomic E-state index is 12.6. The van der Waals surface area contributed by atoms with E-state index in [0.717, 1.165) is 57.8 Å². The SMILES string of the molecule is CCCCCCCC/C=C/CCCCCCCC(=O)OC[C@H](COP(=O)(O)OC[C@H](N)C(=O)O)OC(=O)CCCCCCCCCCCCCCCC. The number of phosphoric acid groups is 1. The van der Waals surface area contributed by atoms with E-state index in [9.17, 15) is 23.8 Å². The summed E-state index contributed by atoms with van der Waals surface area (Å²) in [6.07, 6.45) is 35.6. The summed E-state index contributed by atoms with van der Waals surface area (Å²) in [5.74, 6) is -2.38. The third-order valence-corrected chi connectivity index (χ3v) is 10.2. The van der Waals surface area contributed by atoms with Crippen molar-refractivity contribution >= 4 is 25.7 Å². The van der Waals surface area contributed by atoms with E-state index in [0.29, 0.717) is 12.8 Å². The zero-order valence-corrected chi connectivity index (χ0v) is 34.5. The number of carbonyl (C=O) groups is 3. The van der Waals surface area contributed by atoms with Crippen LogP contribution in [0.15, 0.2) is 12.2 Å². The zero-order valence-electron chi connectivity index (χ0n) is 33.6. The standard InChI is InChI=1S/C41H78NO10P/c1-3-5-7-9-11-13-15-17-19-21-22-24-26-28-30-32-39(43)49-34-37(35-50-53(47,48)51-36-38(42)41(45)46)52-40(44)33-31-29-27-25-23-20-18-16-14-12-10-8-6-4-2/h17,19,37-38H,3-16,18,20-36,42H2,1-2H3,(H,45,46)(H,47,48)/b19-17+/t37-,38+/m1/s1. The van der Waals surface area contributed by atoms with Crippen LogP contribution in [0.4, 0.5) is 0 Å². The molecule has 0 rings (SSSR count). The number of carbonyl (C=O) groups excluding carboxylic acids is 2. The second kappa shape index (κ2) is 37.2. The number of phosphoric ester groups is 1. The van der Waals surface area contributed by atoms with Crippen molar-refractivity contribution in [2.45, 2.75) is 212 Å². The van der Waals surface area contributed by atoms with Crippen LogP contribution in [0.5, 0.6) is 0 Å². The minimum Gasteiger partial charge on any atom is -0.480 e. The molecule has 0 fully saturated rings. The van der Waals surface area contributed by atoms with Gasteiger partial charge in [-0.05, 0) is 38.5 Å². The van der Waals surface area contributed by atoms with Gasteiger partial charge in [0, 0.05) is 12.8 Å². The number of aliphatic carboxylic acids is 1. The quantitative estimate of drug-likeness (QED) is 0.0234. The molecule has 0 aromatic rings. The second-order valence-electron chi connectivity index (χ2n) is 14.5. The lowest BCUT2D eigenvalue weighted by molar-refractivity contribution is -0.161. The highest BCUT2D eigenvalue weighted by molar-refractivity contribution is 7.47. The van der Waals surface area contributed by atoms with Gasteiger partial charge in [-0.15, -0.1) is 0 Å². The molecule has 0 heterocycles. The molecule has 11 nitrogen and oxygen atoms in total. The number of carboxylic acids is 1. The average molecular weight is 776 g/mol. The number of carboxylic acid groups (broad SMARTS) is 1. The van der Waals surface area contributed by atoms with Gasteiger partial charge >= 0.3 is 25.7 Å². The van der Waals surface area contributed by atoms with Crippen molar-refractivity contribution in [1.29, 1.82) is 0 Å². The number of allylic oxidation sites excluding steroid dienone is 2. The van der Waals surface area contributed by atoms with Crippen molar-refractivity contribution in [2.75, 3.05) is 19.8 Å². The third kappa shape index (κ3) is 36.9. The summed E-state index contributed by atoms with van der Waals surface area (Å²) in [5, 5.41) is 8.87. The summed E-state index contributed by atoms with van der Waals surface area (Å²) in [7, 11) is -4.71. The third-order valence-electron chi connectivity index (χ3n) is 9.26. The fourth-order valence-corrected chi connectivity index (χ4v) is 6.66. The predicted octanol–water partition coefficient (Wildman–Crippen LogP) is 10.9. The van der Waals surface area contributed by atoms with Crippen molar-refractivity contribution in [3.63, 3.8) is 0 Å². The molecule has 0 aliphatic rings. The van der Waals surface area contributed by atoms with Crippen molar-refractivity contribution in [1.82, 2.24) is 0 Å². The second-order valence-corrected chi connectivity index (χ2v) is 15.9. The Morgan fingerprint density at radius 3 is 1.38 bits per heavy atom. The molecule has 0 aliphatic heterocycles. The van der Waals surface area contributed by atoms with Crippen molar-refractivity contribution in [2.24, 2.45) is 5.73 Å². The van der Waals surface area contributed by atoms with Crippen molar-refractivity contribution in [3.8, 4) is 0 Å². The lowest BCUT2D eigenvalue weighted by Gasteiger charge is -2.20. The smallest absolute Gasteiger partial charge is 0.472 e. The first-order valence-electron chi connectivity index (χ1n) is 21.2. The van der Waals surface area contributed by atoms with Crippen molar-refractivity contribution in [3.05, 3.63) is 12.2 Å². The van der Waals surface area contributed by atoms with Crippen LogP contribution in [0, 0.1) is 0 Å². The molecule has 4 N–H and O–H groups in total. The largest absolute Gasteiger partial charge is 0.480 e. The fraction of sp³-hybridized carbons (Fsp3) is 0.878. The van der Waals surface area contributed by atoms with Crippen LogP contribution in [0.3, 0.4) is 0 Å². The maximum atomic E-state index is 12.6.